The van der Waals surface area contributed by atoms with Gasteiger partial charge in [0.15, 0.2) is 0 Å². The summed E-state index contributed by atoms with van der Waals surface area (Å²) in [5, 5.41) is 2.93. The first kappa shape index (κ1) is 13.8. The van der Waals surface area contributed by atoms with Gasteiger partial charge in [0.2, 0.25) is 0 Å². The molecule has 0 saturated carbocycles. The van der Waals surface area contributed by atoms with Gasteiger partial charge in [-0.25, -0.2) is 4.79 Å². The number of anilines is 1. The number of nitrogens with two attached hydrogens (primary N) is 1. The summed E-state index contributed by atoms with van der Waals surface area (Å²) >= 11 is 0. The molecule has 0 bridgehead atoms. The maximum atomic E-state index is 12.0. The summed E-state index contributed by atoms with van der Waals surface area (Å²) < 4.78 is 5.23. The van der Waals surface area contributed by atoms with Crippen LogP contribution in [0.5, 0.6) is 0 Å². The summed E-state index contributed by atoms with van der Waals surface area (Å²) in [6.45, 7) is 3.22. The summed E-state index contributed by atoms with van der Waals surface area (Å²) in [7, 11) is 0. The highest BCUT2D eigenvalue weighted by molar-refractivity contribution is 5.89. The first-order chi connectivity index (χ1) is 9.29. The number of nitrogens with one attached hydrogen (secondary N) is 1. The molecule has 1 fully saturated rings. The average Bonchev–Trinajstić information content (AvgIpc) is 2.46. The third kappa shape index (κ3) is 4.22. The molecule has 0 radical (unpaired) electrons. The first-order valence-electron chi connectivity index (χ1n) is 6.72. The number of ether oxygens (including phenoxy) is 1. The predicted molar refractivity (Wildman–Crippen MR) is 75.2 cm³/mol. The van der Waals surface area contributed by atoms with Crippen molar-refractivity contribution in [2.75, 3.05) is 38.2 Å². The summed E-state index contributed by atoms with van der Waals surface area (Å²) in [5.74, 6) is 0. The summed E-state index contributed by atoms with van der Waals surface area (Å²) in [6.07, 6.45) is 1.90. The predicted octanol–water partition coefficient (Wildman–Crippen LogP) is 1.44. The SMILES string of the molecule is NCCCc1cccc(NC(=O)N2CCOCC2)c1. The molecule has 3 N–H and O–H groups in total. The average molecular weight is 263 g/mol. The van der Waals surface area contributed by atoms with Crippen molar-refractivity contribution in [2.24, 2.45) is 5.73 Å². The van der Waals surface area contributed by atoms with Crippen LogP contribution in [0, 0.1) is 0 Å². The van der Waals surface area contributed by atoms with Crippen molar-refractivity contribution >= 4 is 11.7 Å². The molecule has 2 amide bonds. The number of urea groups is 1. The lowest BCUT2D eigenvalue weighted by molar-refractivity contribution is 0.0564. The molecule has 1 heterocycles. The molecule has 0 spiro atoms. The molecule has 1 saturated heterocycles. The van der Waals surface area contributed by atoms with Crippen LogP contribution in [0.3, 0.4) is 0 Å². The fraction of sp³-hybridized carbons (Fsp3) is 0.500. The van der Waals surface area contributed by atoms with Crippen molar-refractivity contribution in [1.29, 1.82) is 0 Å². The van der Waals surface area contributed by atoms with Gasteiger partial charge in [0.1, 0.15) is 0 Å². The van der Waals surface area contributed by atoms with Crippen LogP contribution in [0.2, 0.25) is 0 Å². The molecule has 19 heavy (non-hydrogen) atoms. The van der Waals surface area contributed by atoms with Crippen LogP contribution in [0.25, 0.3) is 0 Å². The van der Waals surface area contributed by atoms with Crippen LogP contribution in [0.4, 0.5) is 10.5 Å². The minimum Gasteiger partial charge on any atom is -0.378 e. The number of hydrogen-bond donors (Lipinski definition) is 2. The molecule has 0 atom stereocenters. The van der Waals surface area contributed by atoms with E-state index in [1.807, 2.05) is 18.2 Å². The van der Waals surface area contributed by atoms with Crippen LogP contribution in [-0.4, -0.2) is 43.8 Å². The second-order valence-corrected chi connectivity index (χ2v) is 4.62. The van der Waals surface area contributed by atoms with Gasteiger partial charge in [0.25, 0.3) is 0 Å². The standard InChI is InChI=1S/C14H21N3O2/c15-6-2-4-12-3-1-5-13(11-12)16-14(18)17-7-9-19-10-8-17/h1,3,5,11H,2,4,6-10,15H2,(H,16,18). The van der Waals surface area contributed by atoms with E-state index in [0.29, 0.717) is 32.8 Å². The van der Waals surface area contributed by atoms with Crippen LogP contribution >= 0.6 is 0 Å². The minimum atomic E-state index is -0.0562. The molecule has 1 aromatic rings. The first-order valence-corrected chi connectivity index (χ1v) is 6.72. The van der Waals surface area contributed by atoms with Gasteiger partial charge < -0.3 is 20.7 Å². The van der Waals surface area contributed by atoms with Crippen molar-refractivity contribution in [2.45, 2.75) is 12.8 Å². The van der Waals surface area contributed by atoms with E-state index in [1.165, 1.54) is 5.56 Å². The molecule has 0 aliphatic carbocycles. The van der Waals surface area contributed by atoms with Gasteiger partial charge in [0.05, 0.1) is 13.2 Å². The number of rotatable bonds is 4. The zero-order valence-corrected chi connectivity index (χ0v) is 11.1. The zero-order chi connectivity index (χ0) is 13.5. The Hall–Kier alpha value is -1.59. The van der Waals surface area contributed by atoms with Crippen LogP contribution in [0.1, 0.15) is 12.0 Å². The van der Waals surface area contributed by atoms with E-state index in [4.69, 9.17) is 10.5 Å². The van der Waals surface area contributed by atoms with Crippen molar-refractivity contribution in [3.8, 4) is 0 Å². The largest absolute Gasteiger partial charge is 0.378 e. The van der Waals surface area contributed by atoms with Gasteiger partial charge in [0, 0.05) is 18.8 Å². The minimum absolute atomic E-state index is 0.0562. The Morgan fingerprint density at radius 1 is 1.37 bits per heavy atom. The molecule has 0 unspecified atom stereocenters. The number of aryl methyl sites for hydroxylation is 1. The van der Waals surface area contributed by atoms with E-state index in [0.717, 1.165) is 18.5 Å². The zero-order valence-electron chi connectivity index (χ0n) is 11.1. The highest BCUT2D eigenvalue weighted by Gasteiger charge is 2.16. The quantitative estimate of drug-likeness (QED) is 0.863. The molecule has 2 rings (SSSR count). The molecular formula is C14H21N3O2. The molecule has 5 heteroatoms. The lowest BCUT2D eigenvalue weighted by Crippen LogP contribution is -2.43. The molecule has 1 aromatic carbocycles. The highest BCUT2D eigenvalue weighted by Crippen LogP contribution is 2.13. The Morgan fingerprint density at radius 3 is 2.89 bits per heavy atom. The third-order valence-corrected chi connectivity index (χ3v) is 3.15. The lowest BCUT2D eigenvalue weighted by atomic mass is 10.1. The van der Waals surface area contributed by atoms with E-state index < -0.39 is 0 Å². The Morgan fingerprint density at radius 2 is 2.16 bits per heavy atom. The molecule has 1 aliphatic rings. The highest BCUT2D eigenvalue weighted by atomic mass is 16.5. The van der Waals surface area contributed by atoms with Crippen molar-refractivity contribution in [3.63, 3.8) is 0 Å². The van der Waals surface area contributed by atoms with Gasteiger partial charge >= 0.3 is 6.03 Å². The number of amides is 2. The molecule has 5 nitrogen and oxygen atoms in total. The third-order valence-electron chi connectivity index (χ3n) is 3.15. The number of morpholine rings is 1. The molecular weight excluding hydrogens is 242 g/mol. The number of nitrogens with zero attached hydrogens (tertiary/aromatic N) is 1. The number of carbonyl (C=O) groups excluding carboxylic acids is 1. The van der Waals surface area contributed by atoms with E-state index >= 15 is 0 Å². The Bertz CT molecular complexity index is 417. The van der Waals surface area contributed by atoms with Crippen molar-refractivity contribution in [1.82, 2.24) is 4.90 Å². The van der Waals surface area contributed by atoms with Crippen molar-refractivity contribution < 1.29 is 9.53 Å². The molecule has 0 aromatic heterocycles. The van der Waals surface area contributed by atoms with E-state index in [2.05, 4.69) is 11.4 Å². The Balaban J connectivity index is 1.92. The van der Waals surface area contributed by atoms with Crippen molar-refractivity contribution in [3.05, 3.63) is 29.8 Å². The normalized spacial score (nSPS) is 15.3. The molecule has 1 aliphatic heterocycles. The van der Waals surface area contributed by atoms with Gasteiger partial charge in [-0.15, -0.1) is 0 Å². The topological polar surface area (TPSA) is 67.6 Å². The second-order valence-electron chi connectivity index (χ2n) is 4.62. The number of benzene rings is 1. The van der Waals surface area contributed by atoms with Crippen LogP contribution in [0.15, 0.2) is 24.3 Å². The van der Waals surface area contributed by atoms with E-state index in [9.17, 15) is 4.79 Å². The van der Waals surface area contributed by atoms with E-state index in [1.54, 1.807) is 4.90 Å². The second kappa shape index (κ2) is 7.11. The Kier molecular flexibility index (Phi) is 5.18. The van der Waals surface area contributed by atoms with Crippen LogP contribution in [-0.2, 0) is 11.2 Å². The fourth-order valence-electron chi connectivity index (χ4n) is 2.08. The lowest BCUT2D eigenvalue weighted by Gasteiger charge is -2.27. The number of hydrogen-bond acceptors (Lipinski definition) is 3. The maximum Gasteiger partial charge on any atom is 0.321 e. The van der Waals surface area contributed by atoms with Gasteiger partial charge in [-0.3, -0.25) is 0 Å². The maximum absolute atomic E-state index is 12.0. The van der Waals surface area contributed by atoms with Gasteiger partial charge in [-0.1, -0.05) is 12.1 Å². The smallest absolute Gasteiger partial charge is 0.321 e. The summed E-state index contributed by atoms with van der Waals surface area (Å²) in [4.78, 5) is 13.8. The van der Waals surface area contributed by atoms with Crippen LogP contribution < -0.4 is 11.1 Å². The summed E-state index contributed by atoms with van der Waals surface area (Å²) in [5.41, 5.74) is 7.54. The fourth-order valence-corrected chi connectivity index (χ4v) is 2.08. The molecule has 104 valence electrons. The van der Waals surface area contributed by atoms with Gasteiger partial charge in [-0.05, 0) is 37.1 Å². The summed E-state index contributed by atoms with van der Waals surface area (Å²) in [6, 6.07) is 7.87. The van der Waals surface area contributed by atoms with E-state index in [-0.39, 0.29) is 6.03 Å². The monoisotopic (exact) mass is 263 g/mol. The van der Waals surface area contributed by atoms with Gasteiger partial charge in [-0.2, -0.15) is 0 Å². The number of carbonyl (C=O) groups is 1. The Labute approximate surface area is 113 Å².